The molecule has 0 aromatic carbocycles. The number of aliphatic carboxylic acids is 1. The summed E-state index contributed by atoms with van der Waals surface area (Å²) in [6.07, 6.45) is 18.6. The van der Waals surface area contributed by atoms with Gasteiger partial charge in [-0.1, -0.05) is 70.1 Å². The van der Waals surface area contributed by atoms with Crippen molar-refractivity contribution in [1.82, 2.24) is 0 Å². The van der Waals surface area contributed by atoms with Gasteiger partial charge < -0.3 is 5.11 Å². The normalized spacial score (nSPS) is 13.2. The highest BCUT2D eigenvalue weighted by Crippen LogP contribution is 2.15. The zero-order valence-electron chi connectivity index (χ0n) is 13.9. The number of hydrogen-bond acceptors (Lipinski definition) is 3. The van der Waals surface area contributed by atoms with E-state index < -0.39 is 5.97 Å². The summed E-state index contributed by atoms with van der Waals surface area (Å²) in [5.41, 5.74) is 0. The first-order valence-corrected chi connectivity index (χ1v) is 8.57. The van der Waals surface area contributed by atoms with E-state index in [-0.39, 0.29) is 6.10 Å². The fraction of sp³-hybridized carbons (Fsp3) is 0.722. The van der Waals surface area contributed by atoms with Crippen LogP contribution in [0.15, 0.2) is 24.3 Å². The summed E-state index contributed by atoms with van der Waals surface area (Å²) in [6, 6.07) is 0. The summed E-state index contributed by atoms with van der Waals surface area (Å²) in [4.78, 5) is 14.8. The molecule has 0 spiro atoms. The Morgan fingerprint density at radius 2 is 1.64 bits per heavy atom. The predicted octanol–water partition coefficient (Wildman–Crippen LogP) is 5.35. The molecule has 1 atom stereocenters. The fourth-order valence-electron chi connectivity index (χ4n) is 2.35. The summed E-state index contributed by atoms with van der Waals surface area (Å²) in [5, 5.41) is 17.3. The second kappa shape index (κ2) is 16.2. The van der Waals surface area contributed by atoms with Gasteiger partial charge in [0.1, 0.15) is 0 Å². The van der Waals surface area contributed by atoms with Gasteiger partial charge in [-0.05, 0) is 25.7 Å². The van der Waals surface area contributed by atoms with Gasteiger partial charge in [-0.15, -0.1) is 0 Å². The maximum absolute atomic E-state index is 10.2. The van der Waals surface area contributed by atoms with E-state index in [0.717, 1.165) is 44.6 Å². The first kappa shape index (κ1) is 20.9. The van der Waals surface area contributed by atoms with Gasteiger partial charge in [-0.3, -0.25) is 5.26 Å². The van der Waals surface area contributed by atoms with Crippen LogP contribution in [0.5, 0.6) is 0 Å². The number of rotatable bonds is 15. The molecule has 0 amide bonds. The average Bonchev–Trinajstić information content (AvgIpc) is 2.50. The van der Waals surface area contributed by atoms with Crippen LogP contribution in [0, 0.1) is 0 Å². The third kappa shape index (κ3) is 15.3. The van der Waals surface area contributed by atoms with Crippen molar-refractivity contribution >= 4 is 5.97 Å². The van der Waals surface area contributed by atoms with Gasteiger partial charge in [0.25, 0.3) is 0 Å². The highest BCUT2D eigenvalue weighted by atomic mass is 17.1. The number of unbranched alkanes of at least 4 members (excludes halogenated alkanes) is 7. The number of carbonyl (C=O) groups is 1. The van der Waals surface area contributed by atoms with E-state index in [0.29, 0.717) is 0 Å². The van der Waals surface area contributed by atoms with Crippen molar-refractivity contribution in [2.24, 2.45) is 0 Å². The molecule has 4 nitrogen and oxygen atoms in total. The molecule has 0 aliphatic rings. The van der Waals surface area contributed by atoms with Crippen LogP contribution in [-0.2, 0) is 9.68 Å². The van der Waals surface area contributed by atoms with Crippen LogP contribution < -0.4 is 0 Å². The molecule has 0 aliphatic heterocycles. The molecular weight excluding hydrogens is 280 g/mol. The fourth-order valence-corrected chi connectivity index (χ4v) is 2.35. The topological polar surface area (TPSA) is 66.8 Å². The molecule has 0 heterocycles. The monoisotopic (exact) mass is 312 g/mol. The Hall–Kier alpha value is -1.13. The van der Waals surface area contributed by atoms with Crippen molar-refractivity contribution in [1.29, 1.82) is 0 Å². The first-order valence-electron chi connectivity index (χ1n) is 8.57. The largest absolute Gasteiger partial charge is 0.478 e. The Labute approximate surface area is 134 Å². The third-order valence-corrected chi connectivity index (χ3v) is 3.66. The van der Waals surface area contributed by atoms with Gasteiger partial charge in [0, 0.05) is 6.08 Å². The van der Waals surface area contributed by atoms with Gasteiger partial charge in [0.05, 0.1) is 6.10 Å². The number of carboxylic acids is 1. The van der Waals surface area contributed by atoms with E-state index in [1.54, 1.807) is 6.08 Å². The van der Waals surface area contributed by atoms with E-state index in [1.165, 1.54) is 38.2 Å². The molecule has 4 heteroatoms. The highest BCUT2D eigenvalue weighted by molar-refractivity contribution is 5.80. The second-order valence-corrected chi connectivity index (χ2v) is 5.69. The maximum Gasteiger partial charge on any atom is 0.328 e. The molecule has 0 aliphatic carbocycles. The molecule has 0 saturated heterocycles. The zero-order chi connectivity index (χ0) is 16.5. The van der Waals surface area contributed by atoms with Gasteiger partial charge >= 0.3 is 5.97 Å². The number of allylic oxidation sites excluding steroid dienone is 3. The minimum atomic E-state index is -0.928. The van der Waals surface area contributed by atoms with E-state index in [9.17, 15) is 4.79 Å². The molecule has 0 radical (unpaired) electrons. The van der Waals surface area contributed by atoms with Crippen LogP contribution in [0.1, 0.15) is 77.6 Å². The minimum absolute atomic E-state index is 0.0398. The zero-order valence-corrected chi connectivity index (χ0v) is 13.9. The van der Waals surface area contributed by atoms with Gasteiger partial charge in [-0.2, -0.15) is 0 Å². The SMILES string of the molecule is CCCCCCCCC(CCCCC=CC=CC(=O)O)OO. The lowest BCUT2D eigenvalue weighted by atomic mass is 10.0. The van der Waals surface area contributed by atoms with E-state index >= 15 is 0 Å². The second-order valence-electron chi connectivity index (χ2n) is 5.69. The molecular formula is C18H32O4. The van der Waals surface area contributed by atoms with Crippen LogP contribution in [0.4, 0.5) is 0 Å². The lowest BCUT2D eigenvalue weighted by Gasteiger charge is -2.12. The van der Waals surface area contributed by atoms with Crippen molar-refractivity contribution in [2.45, 2.75) is 83.7 Å². The first-order chi connectivity index (χ1) is 10.7. The average molecular weight is 312 g/mol. The van der Waals surface area contributed by atoms with E-state index in [1.807, 2.05) is 6.08 Å². The van der Waals surface area contributed by atoms with Crippen LogP contribution in [0.2, 0.25) is 0 Å². The highest BCUT2D eigenvalue weighted by Gasteiger charge is 2.07. The Kier molecular flexibility index (Phi) is 15.4. The van der Waals surface area contributed by atoms with Crippen LogP contribution in [0.25, 0.3) is 0 Å². The maximum atomic E-state index is 10.2. The van der Waals surface area contributed by atoms with Gasteiger partial charge in [-0.25, -0.2) is 9.68 Å². The Bertz CT molecular complexity index is 310. The molecule has 128 valence electrons. The van der Waals surface area contributed by atoms with Crippen molar-refractivity contribution < 1.29 is 20.0 Å². The number of hydrogen-bond donors (Lipinski definition) is 2. The molecule has 2 N–H and O–H groups in total. The Balaban J connectivity index is 3.51. The quantitative estimate of drug-likeness (QED) is 0.141. The summed E-state index contributed by atoms with van der Waals surface area (Å²) in [6.45, 7) is 2.22. The summed E-state index contributed by atoms with van der Waals surface area (Å²) in [5.74, 6) is -0.928. The predicted molar refractivity (Wildman–Crippen MR) is 89.9 cm³/mol. The van der Waals surface area contributed by atoms with E-state index in [4.69, 9.17) is 10.4 Å². The molecule has 0 fully saturated rings. The molecule has 0 rings (SSSR count). The molecule has 0 bridgehead atoms. The summed E-state index contributed by atoms with van der Waals surface area (Å²) < 4.78 is 0. The standard InChI is InChI=1S/C18H32O4/c1-2-3-4-5-8-11-14-17(22-21)15-12-9-6-7-10-13-16-18(19)20/h7,10,13,16-17,21H,2-6,8-9,11-12,14-15H2,1H3,(H,19,20). The summed E-state index contributed by atoms with van der Waals surface area (Å²) in [7, 11) is 0. The smallest absolute Gasteiger partial charge is 0.328 e. The van der Waals surface area contributed by atoms with Gasteiger partial charge in [0.15, 0.2) is 0 Å². The van der Waals surface area contributed by atoms with Crippen molar-refractivity contribution in [3.8, 4) is 0 Å². The minimum Gasteiger partial charge on any atom is -0.478 e. The molecule has 0 saturated carbocycles. The molecule has 0 aromatic heterocycles. The van der Waals surface area contributed by atoms with Crippen molar-refractivity contribution in [3.63, 3.8) is 0 Å². The Morgan fingerprint density at radius 1 is 1.00 bits per heavy atom. The molecule has 0 aromatic rings. The molecule has 1 unspecified atom stereocenters. The Morgan fingerprint density at radius 3 is 2.27 bits per heavy atom. The van der Waals surface area contributed by atoms with Gasteiger partial charge in [0.2, 0.25) is 0 Å². The van der Waals surface area contributed by atoms with E-state index in [2.05, 4.69) is 11.8 Å². The van der Waals surface area contributed by atoms with Crippen LogP contribution in [0.3, 0.4) is 0 Å². The lowest BCUT2D eigenvalue weighted by Crippen LogP contribution is -2.10. The third-order valence-electron chi connectivity index (χ3n) is 3.66. The summed E-state index contributed by atoms with van der Waals surface area (Å²) >= 11 is 0. The van der Waals surface area contributed by atoms with Crippen molar-refractivity contribution in [2.75, 3.05) is 0 Å². The molecule has 22 heavy (non-hydrogen) atoms. The van der Waals surface area contributed by atoms with Crippen LogP contribution in [-0.4, -0.2) is 22.4 Å². The van der Waals surface area contributed by atoms with Crippen LogP contribution >= 0.6 is 0 Å². The van der Waals surface area contributed by atoms with Crippen molar-refractivity contribution in [3.05, 3.63) is 24.3 Å². The number of carboxylic acid groups (broad SMARTS) is 1. The lowest BCUT2D eigenvalue weighted by molar-refractivity contribution is -0.281.